The maximum atomic E-state index is 14.2. The van der Waals surface area contributed by atoms with E-state index in [0.29, 0.717) is 35.7 Å². The first kappa shape index (κ1) is 25.0. The highest BCUT2D eigenvalue weighted by Gasteiger charge is 2.64. The molecule has 3 aliphatic heterocycles. The average Bonchev–Trinajstić information content (AvgIpc) is 3.13. The highest BCUT2D eigenvalue weighted by atomic mass is 16.5. The lowest BCUT2D eigenvalue weighted by Gasteiger charge is -2.49. The van der Waals surface area contributed by atoms with Gasteiger partial charge < -0.3 is 29.1 Å². The summed E-state index contributed by atoms with van der Waals surface area (Å²) >= 11 is 0. The lowest BCUT2D eigenvalue weighted by atomic mass is 9.57. The van der Waals surface area contributed by atoms with E-state index in [2.05, 4.69) is 0 Å². The number of nitrogens with zero attached hydrogens (tertiary/aromatic N) is 2. The zero-order valence-electron chi connectivity index (χ0n) is 21.2. The summed E-state index contributed by atoms with van der Waals surface area (Å²) in [4.78, 5) is 42.9. The number of carbonyl (C=O) groups is 3. The van der Waals surface area contributed by atoms with Gasteiger partial charge in [-0.25, -0.2) is 0 Å². The zero-order valence-corrected chi connectivity index (χ0v) is 21.2. The van der Waals surface area contributed by atoms with Crippen LogP contribution in [0.5, 0.6) is 11.5 Å². The molecule has 5 rings (SSSR count). The number of hydrogen-bond donors (Lipinski definition) is 1. The van der Waals surface area contributed by atoms with Crippen molar-refractivity contribution in [2.75, 3.05) is 39.3 Å². The van der Waals surface area contributed by atoms with Gasteiger partial charge in [-0.05, 0) is 36.5 Å². The first-order valence-electron chi connectivity index (χ1n) is 11.9. The number of hydrogen-bond acceptors (Lipinski definition) is 8. The molecule has 1 spiro atoms. The summed E-state index contributed by atoms with van der Waals surface area (Å²) in [6, 6.07) is 2.97. The molecule has 4 aliphatic rings. The van der Waals surface area contributed by atoms with E-state index in [0.717, 1.165) is 5.56 Å². The summed E-state index contributed by atoms with van der Waals surface area (Å²) < 4.78 is 16.6. The molecule has 1 aliphatic carbocycles. The van der Waals surface area contributed by atoms with Crippen LogP contribution in [-0.4, -0.2) is 74.2 Å². The molecule has 1 amide bonds. The summed E-state index contributed by atoms with van der Waals surface area (Å²) in [7, 11) is 4.98. The Balaban J connectivity index is 2.02. The molecule has 1 N–H and O–H groups in total. The van der Waals surface area contributed by atoms with Gasteiger partial charge >= 0.3 is 5.97 Å². The molecule has 1 aromatic rings. The first-order chi connectivity index (χ1) is 16.6. The molecular weight excluding hydrogens is 452 g/mol. The number of benzene rings is 1. The van der Waals surface area contributed by atoms with Gasteiger partial charge in [0.15, 0.2) is 11.5 Å². The predicted octanol–water partition coefficient (Wildman–Crippen LogP) is 2.05. The molecule has 3 heterocycles. The number of ketones is 1. The topological polar surface area (TPSA) is 106 Å². The standard InChI is InChI=1S/C26H34N2O7/c1-14(29)18-12-27(4)8-7-26-20-10-22(33-5)23(34-6)11-21(20)28(15(2)30)25(26)19(13-35-16(3)31)17(18)9-24(26)32/h10-12,14,17,19,25,29H,7-9,13H2,1-6H3. The molecule has 0 radical (unpaired) electrons. The largest absolute Gasteiger partial charge is 0.493 e. The summed E-state index contributed by atoms with van der Waals surface area (Å²) in [6.45, 7) is 5.05. The molecule has 1 fully saturated rings. The maximum Gasteiger partial charge on any atom is 0.302 e. The van der Waals surface area contributed by atoms with Crippen LogP contribution < -0.4 is 14.4 Å². The van der Waals surface area contributed by atoms with Crippen molar-refractivity contribution in [1.29, 1.82) is 0 Å². The highest BCUT2D eigenvalue weighted by molar-refractivity contribution is 6.05. The quantitative estimate of drug-likeness (QED) is 0.631. The van der Waals surface area contributed by atoms with Gasteiger partial charge in [-0.15, -0.1) is 0 Å². The number of amides is 1. The van der Waals surface area contributed by atoms with Crippen LogP contribution in [0.15, 0.2) is 23.9 Å². The van der Waals surface area contributed by atoms with E-state index in [9.17, 15) is 19.5 Å². The Kier molecular flexibility index (Phi) is 6.57. The Morgan fingerprint density at radius 3 is 2.43 bits per heavy atom. The van der Waals surface area contributed by atoms with Crippen molar-refractivity contribution in [2.24, 2.45) is 11.8 Å². The Hall–Kier alpha value is -3.07. The highest BCUT2D eigenvalue weighted by Crippen LogP contribution is 2.59. The average molecular weight is 487 g/mol. The van der Waals surface area contributed by atoms with Gasteiger partial charge in [0.2, 0.25) is 5.91 Å². The van der Waals surface area contributed by atoms with Gasteiger partial charge in [0.05, 0.1) is 44.1 Å². The molecule has 2 bridgehead atoms. The molecule has 5 atom stereocenters. The molecule has 0 saturated heterocycles. The van der Waals surface area contributed by atoms with E-state index in [1.54, 1.807) is 17.9 Å². The third kappa shape index (κ3) is 3.86. The minimum atomic E-state index is -1.02. The van der Waals surface area contributed by atoms with Crippen molar-refractivity contribution in [3.8, 4) is 11.5 Å². The molecule has 1 saturated carbocycles. The number of aliphatic hydroxyl groups is 1. The van der Waals surface area contributed by atoms with Crippen LogP contribution in [-0.2, 0) is 24.5 Å². The van der Waals surface area contributed by atoms with Crippen LogP contribution in [0.2, 0.25) is 0 Å². The number of carbonyl (C=O) groups excluding carboxylic acids is 3. The van der Waals surface area contributed by atoms with Gasteiger partial charge in [-0.2, -0.15) is 0 Å². The van der Waals surface area contributed by atoms with Crippen molar-refractivity contribution in [1.82, 2.24) is 4.90 Å². The van der Waals surface area contributed by atoms with Gasteiger partial charge in [0.25, 0.3) is 0 Å². The minimum Gasteiger partial charge on any atom is -0.493 e. The summed E-state index contributed by atoms with van der Waals surface area (Å²) in [5.41, 5.74) is 1.01. The van der Waals surface area contributed by atoms with Crippen LogP contribution in [0.25, 0.3) is 0 Å². The second-order valence-electron chi connectivity index (χ2n) is 9.77. The monoisotopic (exact) mass is 486 g/mol. The lowest BCUT2D eigenvalue weighted by Crippen LogP contribution is -2.62. The number of esters is 1. The van der Waals surface area contributed by atoms with Crippen molar-refractivity contribution in [2.45, 2.75) is 51.2 Å². The fourth-order valence-electron chi connectivity index (χ4n) is 6.34. The SMILES string of the molecule is COc1cc2c(cc1OC)C13CCN(C)C=C(C(C)O)C(CC1=O)C(COC(C)=O)C3N2C(C)=O. The van der Waals surface area contributed by atoms with E-state index in [-0.39, 0.29) is 24.7 Å². The van der Waals surface area contributed by atoms with Crippen LogP contribution in [0.4, 0.5) is 5.69 Å². The van der Waals surface area contributed by atoms with E-state index in [1.807, 2.05) is 24.2 Å². The summed E-state index contributed by atoms with van der Waals surface area (Å²) in [5.74, 6) is -0.521. The van der Waals surface area contributed by atoms with Crippen LogP contribution in [0, 0.1) is 11.8 Å². The number of aliphatic hydroxyl groups excluding tert-OH is 1. The van der Waals surface area contributed by atoms with Crippen molar-refractivity contribution in [3.05, 3.63) is 29.5 Å². The Morgan fingerprint density at radius 2 is 1.86 bits per heavy atom. The van der Waals surface area contributed by atoms with E-state index < -0.39 is 35.4 Å². The summed E-state index contributed by atoms with van der Waals surface area (Å²) in [6.07, 6.45) is 1.71. The Bertz CT molecular complexity index is 1080. The number of anilines is 1. The first-order valence-corrected chi connectivity index (χ1v) is 11.9. The molecule has 9 nitrogen and oxygen atoms in total. The third-order valence-electron chi connectivity index (χ3n) is 7.81. The fraction of sp³-hybridized carbons (Fsp3) is 0.577. The van der Waals surface area contributed by atoms with Gasteiger partial charge in [-0.3, -0.25) is 14.4 Å². The lowest BCUT2D eigenvalue weighted by molar-refractivity contribution is -0.145. The molecule has 35 heavy (non-hydrogen) atoms. The minimum absolute atomic E-state index is 0.00523. The molecule has 9 heteroatoms. The van der Waals surface area contributed by atoms with Crippen LogP contribution in [0.1, 0.15) is 39.2 Å². The fourth-order valence-corrected chi connectivity index (χ4v) is 6.34. The predicted molar refractivity (Wildman–Crippen MR) is 128 cm³/mol. The third-order valence-corrected chi connectivity index (χ3v) is 7.81. The maximum absolute atomic E-state index is 14.2. The molecule has 190 valence electrons. The van der Waals surface area contributed by atoms with Crippen molar-refractivity contribution < 1.29 is 33.7 Å². The number of methoxy groups -OCH3 is 2. The van der Waals surface area contributed by atoms with Crippen LogP contribution >= 0.6 is 0 Å². The van der Waals surface area contributed by atoms with E-state index >= 15 is 0 Å². The smallest absolute Gasteiger partial charge is 0.302 e. The normalized spacial score (nSPS) is 28.3. The van der Waals surface area contributed by atoms with Gasteiger partial charge in [0, 0.05) is 52.0 Å². The van der Waals surface area contributed by atoms with Crippen LogP contribution in [0.3, 0.4) is 0 Å². The Labute approximate surface area is 205 Å². The second kappa shape index (κ2) is 9.18. The number of Topliss-reactive ketones (excluding diaryl/α,β-unsaturated/α-hetero) is 1. The number of fused-ring (bicyclic) bond motifs is 5. The molecule has 1 aromatic carbocycles. The second-order valence-corrected chi connectivity index (χ2v) is 9.77. The van der Waals surface area contributed by atoms with E-state index in [4.69, 9.17) is 14.2 Å². The molecule has 5 unspecified atom stereocenters. The van der Waals surface area contributed by atoms with E-state index in [1.165, 1.54) is 28.1 Å². The number of rotatable bonds is 5. The van der Waals surface area contributed by atoms with Gasteiger partial charge in [0.1, 0.15) is 5.78 Å². The molecular formula is C26H34N2O7. The zero-order chi connectivity index (χ0) is 25.7. The molecule has 0 aromatic heterocycles. The number of ether oxygens (including phenoxy) is 3. The van der Waals surface area contributed by atoms with Crippen molar-refractivity contribution >= 4 is 23.3 Å². The van der Waals surface area contributed by atoms with Gasteiger partial charge in [-0.1, -0.05) is 0 Å². The Morgan fingerprint density at radius 1 is 1.20 bits per heavy atom. The van der Waals surface area contributed by atoms with Crippen molar-refractivity contribution in [3.63, 3.8) is 0 Å². The summed E-state index contributed by atoms with van der Waals surface area (Å²) in [5, 5.41) is 10.7.